The normalized spacial score (nSPS) is 18.8. The Bertz CT molecular complexity index is 345. The fraction of sp³-hybridized carbons (Fsp3) is 0.750. The summed E-state index contributed by atoms with van der Waals surface area (Å²) in [6, 6.07) is -0.324. The van der Waals surface area contributed by atoms with Gasteiger partial charge in [0.2, 0.25) is 0 Å². The zero-order valence-corrected chi connectivity index (χ0v) is 11.1. The van der Waals surface area contributed by atoms with Crippen LogP contribution in [0.2, 0.25) is 0 Å². The molecule has 0 saturated carbocycles. The number of aliphatic carboxylic acids is 1. The number of carboxylic acids is 1. The van der Waals surface area contributed by atoms with Crippen LogP contribution in [0.1, 0.15) is 26.2 Å². The van der Waals surface area contributed by atoms with Gasteiger partial charge in [0.1, 0.15) is 0 Å². The third-order valence-corrected chi connectivity index (χ3v) is 2.97. The molecule has 0 aliphatic carbocycles. The van der Waals surface area contributed by atoms with Crippen molar-refractivity contribution in [3.63, 3.8) is 0 Å². The van der Waals surface area contributed by atoms with Crippen LogP contribution in [-0.2, 0) is 14.3 Å². The number of likely N-dealkylation sites (tertiary alicyclic amines) is 1. The maximum atomic E-state index is 11.8. The molecule has 1 saturated heterocycles. The van der Waals surface area contributed by atoms with E-state index in [9.17, 15) is 14.4 Å². The molecular formula is C12H20N2O5. The molecule has 0 bridgehead atoms. The number of rotatable bonds is 5. The minimum atomic E-state index is -0.871. The number of amides is 2. The third kappa shape index (κ3) is 5.15. The molecule has 1 heterocycles. The number of nitrogens with zero attached hydrogens (tertiary/aromatic N) is 1. The number of urea groups is 1. The van der Waals surface area contributed by atoms with Gasteiger partial charge in [-0.2, -0.15) is 0 Å². The molecular weight excluding hydrogens is 252 g/mol. The molecule has 1 fully saturated rings. The highest BCUT2D eigenvalue weighted by Crippen LogP contribution is 2.16. The largest absolute Gasteiger partial charge is 0.481 e. The van der Waals surface area contributed by atoms with Crippen molar-refractivity contribution in [2.24, 2.45) is 5.92 Å². The average Bonchev–Trinajstić information content (AvgIpc) is 2.39. The van der Waals surface area contributed by atoms with E-state index in [1.165, 1.54) is 4.90 Å². The van der Waals surface area contributed by atoms with Gasteiger partial charge in [-0.3, -0.25) is 9.59 Å². The number of hydrogen-bond acceptors (Lipinski definition) is 4. The van der Waals surface area contributed by atoms with Crippen LogP contribution in [0.25, 0.3) is 0 Å². The van der Waals surface area contributed by atoms with E-state index in [0.29, 0.717) is 26.0 Å². The Morgan fingerprint density at radius 3 is 2.79 bits per heavy atom. The summed E-state index contributed by atoms with van der Waals surface area (Å²) in [4.78, 5) is 35.2. The van der Waals surface area contributed by atoms with Crippen molar-refractivity contribution in [1.29, 1.82) is 0 Å². The Morgan fingerprint density at radius 1 is 1.42 bits per heavy atom. The molecule has 0 aromatic rings. The Labute approximate surface area is 111 Å². The zero-order chi connectivity index (χ0) is 14.3. The zero-order valence-electron chi connectivity index (χ0n) is 11.1. The number of carbonyl (C=O) groups is 3. The lowest BCUT2D eigenvalue weighted by Crippen LogP contribution is -2.47. The van der Waals surface area contributed by atoms with Crippen LogP contribution in [0, 0.1) is 5.92 Å². The van der Waals surface area contributed by atoms with Gasteiger partial charge in [-0.25, -0.2) is 4.79 Å². The van der Waals surface area contributed by atoms with Crippen molar-refractivity contribution in [2.45, 2.75) is 26.2 Å². The molecule has 108 valence electrons. The SMILES string of the molecule is CCOC(=O)CCNC(=O)N1CCC[C@@H](C(=O)O)C1. The predicted molar refractivity (Wildman–Crippen MR) is 66.6 cm³/mol. The molecule has 0 aromatic carbocycles. The number of nitrogens with one attached hydrogen (secondary N) is 1. The summed E-state index contributed by atoms with van der Waals surface area (Å²) < 4.78 is 4.74. The first-order chi connectivity index (χ1) is 9.04. The highest BCUT2D eigenvalue weighted by atomic mass is 16.5. The maximum Gasteiger partial charge on any atom is 0.317 e. The first kappa shape index (κ1) is 15.3. The average molecular weight is 272 g/mol. The topological polar surface area (TPSA) is 95.9 Å². The lowest BCUT2D eigenvalue weighted by molar-refractivity contribution is -0.143. The summed E-state index contributed by atoms with van der Waals surface area (Å²) in [6.45, 7) is 3.01. The number of esters is 1. The molecule has 0 unspecified atom stereocenters. The third-order valence-electron chi connectivity index (χ3n) is 2.97. The summed E-state index contributed by atoms with van der Waals surface area (Å²) >= 11 is 0. The van der Waals surface area contributed by atoms with Crippen LogP contribution in [0.15, 0.2) is 0 Å². The van der Waals surface area contributed by atoms with Gasteiger partial charge in [-0.1, -0.05) is 0 Å². The molecule has 2 N–H and O–H groups in total. The van der Waals surface area contributed by atoms with Crippen LogP contribution in [0.3, 0.4) is 0 Å². The molecule has 1 rings (SSSR count). The standard InChI is InChI=1S/C12H20N2O5/c1-2-19-10(15)5-6-13-12(18)14-7-3-4-9(8-14)11(16)17/h9H,2-8H2,1H3,(H,13,18)(H,16,17)/t9-/m1/s1. The van der Waals surface area contributed by atoms with Crippen LogP contribution in [0.4, 0.5) is 4.79 Å². The number of carboxylic acid groups (broad SMARTS) is 1. The van der Waals surface area contributed by atoms with E-state index in [1.807, 2.05) is 0 Å². The van der Waals surface area contributed by atoms with E-state index in [2.05, 4.69) is 5.32 Å². The first-order valence-corrected chi connectivity index (χ1v) is 6.45. The molecule has 1 atom stereocenters. The Kier molecular flexibility index (Phi) is 6.11. The van der Waals surface area contributed by atoms with Crippen molar-refractivity contribution < 1.29 is 24.2 Å². The van der Waals surface area contributed by atoms with Gasteiger partial charge in [0.25, 0.3) is 0 Å². The maximum absolute atomic E-state index is 11.8. The highest BCUT2D eigenvalue weighted by molar-refractivity contribution is 5.77. The van der Waals surface area contributed by atoms with Gasteiger partial charge in [0.15, 0.2) is 0 Å². The second kappa shape index (κ2) is 7.60. The van der Waals surface area contributed by atoms with E-state index in [4.69, 9.17) is 9.84 Å². The molecule has 1 aliphatic rings. The van der Waals surface area contributed by atoms with E-state index >= 15 is 0 Å². The molecule has 0 spiro atoms. The fourth-order valence-electron chi connectivity index (χ4n) is 1.98. The molecule has 0 radical (unpaired) electrons. The second-order valence-electron chi connectivity index (χ2n) is 4.41. The molecule has 1 aliphatic heterocycles. The Hall–Kier alpha value is -1.79. The summed E-state index contributed by atoms with van der Waals surface area (Å²) in [7, 11) is 0. The van der Waals surface area contributed by atoms with Gasteiger partial charge in [-0.15, -0.1) is 0 Å². The summed E-state index contributed by atoms with van der Waals surface area (Å²) in [5, 5.41) is 11.5. The highest BCUT2D eigenvalue weighted by Gasteiger charge is 2.27. The minimum absolute atomic E-state index is 0.121. The molecule has 19 heavy (non-hydrogen) atoms. The lowest BCUT2D eigenvalue weighted by atomic mass is 9.99. The van der Waals surface area contributed by atoms with Gasteiger partial charge in [0, 0.05) is 19.6 Å². The fourth-order valence-corrected chi connectivity index (χ4v) is 1.98. The molecule has 7 heteroatoms. The van der Waals surface area contributed by atoms with Crippen LogP contribution < -0.4 is 5.32 Å². The second-order valence-corrected chi connectivity index (χ2v) is 4.41. The molecule has 7 nitrogen and oxygen atoms in total. The minimum Gasteiger partial charge on any atom is -0.481 e. The lowest BCUT2D eigenvalue weighted by Gasteiger charge is -2.30. The van der Waals surface area contributed by atoms with Crippen molar-refractivity contribution >= 4 is 18.0 Å². The van der Waals surface area contributed by atoms with E-state index in [-0.39, 0.29) is 31.5 Å². The Morgan fingerprint density at radius 2 is 2.16 bits per heavy atom. The molecule has 0 aromatic heterocycles. The monoisotopic (exact) mass is 272 g/mol. The van der Waals surface area contributed by atoms with Crippen molar-refractivity contribution in [2.75, 3.05) is 26.2 Å². The van der Waals surface area contributed by atoms with Gasteiger partial charge in [0.05, 0.1) is 18.9 Å². The smallest absolute Gasteiger partial charge is 0.317 e. The first-order valence-electron chi connectivity index (χ1n) is 6.45. The number of carbonyl (C=O) groups excluding carboxylic acids is 2. The Balaban J connectivity index is 2.29. The number of ether oxygens (including phenoxy) is 1. The quantitative estimate of drug-likeness (QED) is 0.708. The van der Waals surface area contributed by atoms with Crippen molar-refractivity contribution in [1.82, 2.24) is 10.2 Å². The number of hydrogen-bond donors (Lipinski definition) is 2. The summed E-state index contributed by atoms with van der Waals surface area (Å²) in [6.07, 6.45) is 1.40. The predicted octanol–water partition coefficient (Wildman–Crippen LogP) is 0.446. The van der Waals surface area contributed by atoms with E-state index < -0.39 is 11.9 Å². The van der Waals surface area contributed by atoms with E-state index in [1.54, 1.807) is 6.92 Å². The van der Waals surface area contributed by atoms with Crippen LogP contribution >= 0.6 is 0 Å². The van der Waals surface area contributed by atoms with Gasteiger partial charge >= 0.3 is 18.0 Å². The summed E-state index contributed by atoms with van der Waals surface area (Å²) in [5.41, 5.74) is 0. The summed E-state index contributed by atoms with van der Waals surface area (Å²) in [5.74, 6) is -1.72. The van der Waals surface area contributed by atoms with Crippen LogP contribution in [0.5, 0.6) is 0 Å². The van der Waals surface area contributed by atoms with E-state index in [0.717, 1.165) is 0 Å². The number of piperidine rings is 1. The van der Waals surface area contributed by atoms with Crippen molar-refractivity contribution in [3.05, 3.63) is 0 Å². The van der Waals surface area contributed by atoms with Gasteiger partial charge < -0.3 is 20.1 Å². The molecule has 2 amide bonds. The van der Waals surface area contributed by atoms with Gasteiger partial charge in [-0.05, 0) is 19.8 Å². The van der Waals surface area contributed by atoms with Crippen LogP contribution in [-0.4, -0.2) is 54.2 Å². The van der Waals surface area contributed by atoms with Crippen molar-refractivity contribution in [3.8, 4) is 0 Å².